The minimum Gasteiger partial charge on any atom is -0.465 e. The van der Waals surface area contributed by atoms with Crippen LogP contribution in [0.15, 0.2) is 69.9 Å². The highest BCUT2D eigenvalue weighted by molar-refractivity contribution is 6.25. The summed E-state index contributed by atoms with van der Waals surface area (Å²) < 4.78 is 22.0. The Balaban J connectivity index is 1.79. The minimum atomic E-state index is -0.383. The summed E-state index contributed by atoms with van der Waals surface area (Å²) in [7, 11) is 5.64. The number of aryl methyl sites for hydroxylation is 3. The number of hydrogen-bond donors (Lipinski definition) is 0. The fourth-order valence-electron chi connectivity index (χ4n) is 5.96. The molecule has 0 aliphatic carbocycles. The maximum absolute atomic E-state index is 13.6. The molecule has 36 heavy (non-hydrogen) atoms. The first-order valence-corrected chi connectivity index (χ1v) is 11.9. The zero-order valence-corrected chi connectivity index (χ0v) is 20.5. The van der Waals surface area contributed by atoms with E-state index in [1.165, 1.54) is 0 Å². The monoisotopic (exact) mass is 476 g/mol. The van der Waals surface area contributed by atoms with Crippen LogP contribution in [0.25, 0.3) is 65.4 Å². The van der Waals surface area contributed by atoms with Crippen molar-refractivity contribution in [3.63, 3.8) is 0 Å². The van der Waals surface area contributed by atoms with Crippen LogP contribution in [0.3, 0.4) is 0 Å². The van der Waals surface area contributed by atoms with Gasteiger partial charge >= 0.3 is 5.63 Å². The molecule has 0 amide bonds. The second-order valence-corrected chi connectivity index (χ2v) is 9.41. The average Bonchev–Trinajstić information content (AvgIpc) is 3.34. The predicted octanol–water partition coefficient (Wildman–Crippen LogP) is 6.53. The molecule has 0 unspecified atom stereocenters. The van der Waals surface area contributed by atoms with Crippen LogP contribution in [0, 0.1) is 6.92 Å². The van der Waals surface area contributed by atoms with Gasteiger partial charge in [0.15, 0.2) is 18.1 Å². The van der Waals surface area contributed by atoms with E-state index in [1.807, 2.05) is 44.4 Å². The van der Waals surface area contributed by atoms with Gasteiger partial charge in [0, 0.05) is 64.6 Å². The Labute approximate surface area is 205 Å². The van der Waals surface area contributed by atoms with Gasteiger partial charge in [-0.05, 0) is 36.8 Å². The molecule has 0 aliphatic heterocycles. The second-order valence-electron chi connectivity index (χ2n) is 9.41. The van der Waals surface area contributed by atoms with Crippen LogP contribution in [0.1, 0.15) is 5.56 Å². The number of nitrogens with zero attached hydrogens (tertiary/aromatic N) is 2. The average molecular weight is 477 g/mol. The summed E-state index contributed by atoms with van der Waals surface area (Å²) in [6, 6.07) is 20.5. The number of aromatic nitrogens is 2. The van der Waals surface area contributed by atoms with Crippen LogP contribution < -0.4 is 10.4 Å². The SMILES string of the molecule is COCOc1c2c(cc3c4ccccc4n(C)c13)c(=O)oc1c2c(C)cc2c3ccccc3n(C)c21. The molecule has 0 saturated heterocycles. The van der Waals surface area contributed by atoms with Crippen molar-refractivity contribution >= 4 is 65.4 Å². The van der Waals surface area contributed by atoms with Gasteiger partial charge in [-0.3, -0.25) is 0 Å². The first-order chi connectivity index (χ1) is 17.5. The lowest BCUT2D eigenvalue weighted by Gasteiger charge is -2.15. The third-order valence-corrected chi connectivity index (χ3v) is 7.48. The van der Waals surface area contributed by atoms with Crippen molar-refractivity contribution in [1.29, 1.82) is 0 Å². The standard InChI is InChI=1S/C30H24N2O4/c1-16-13-19-17-9-5-7-11-22(17)32(3)27(19)29-24(16)25-21(30(33)36-29)14-20-18-10-6-8-12-23(18)31(2)26(20)28(25)35-15-34-4/h5-14H,15H2,1-4H3. The molecule has 0 bridgehead atoms. The lowest BCUT2D eigenvalue weighted by molar-refractivity contribution is 0.0531. The number of rotatable bonds is 3. The molecular weight excluding hydrogens is 452 g/mol. The fraction of sp³-hybridized carbons (Fsp3) is 0.167. The van der Waals surface area contributed by atoms with Gasteiger partial charge < -0.3 is 23.0 Å². The first kappa shape index (κ1) is 21.0. The van der Waals surface area contributed by atoms with Gasteiger partial charge in [0.25, 0.3) is 0 Å². The first-order valence-electron chi connectivity index (χ1n) is 11.9. The van der Waals surface area contributed by atoms with E-state index in [4.69, 9.17) is 13.9 Å². The molecule has 0 N–H and O–H groups in total. The molecule has 4 aromatic carbocycles. The molecule has 0 aliphatic rings. The Bertz CT molecular complexity index is 2090. The molecule has 6 nitrogen and oxygen atoms in total. The molecule has 7 aromatic rings. The molecule has 7 rings (SSSR count). The second kappa shape index (κ2) is 7.35. The zero-order valence-electron chi connectivity index (χ0n) is 20.5. The summed E-state index contributed by atoms with van der Waals surface area (Å²) in [5.74, 6) is 0.627. The van der Waals surface area contributed by atoms with Crippen molar-refractivity contribution in [3.05, 3.63) is 76.6 Å². The molecule has 0 fully saturated rings. The van der Waals surface area contributed by atoms with Crippen LogP contribution in [0.2, 0.25) is 0 Å². The summed E-state index contributed by atoms with van der Waals surface area (Å²) >= 11 is 0. The number of para-hydroxylation sites is 2. The van der Waals surface area contributed by atoms with Crippen molar-refractivity contribution in [3.8, 4) is 5.75 Å². The maximum Gasteiger partial charge on any atom is 0.344 e. The molecular formula is C30H24N2O4. The molecule has 0 atom stereocenters. The fourth-order valence-corrected chi connectivity index (χ4v) is 5.96. The number of ether oxygens (including phenoxy) is 2. The van der Waals surface area contributed by atoms with Gasteiger partial charge in [0.05, 0.1) is 16.4 Å². The summed E-state index contributed by atoms with van der Waals surface area (Å²) in [4.78, 5) is 13.6. The largest absolute Gasteiger partial charge is 0.465 e. The molecule has 3 aromatic heterocycles. The van der Waals surface area contributed by atoms with Gasteiger partial charge in [-0.2, -0.15) is 0 Å². The zero-order chi connectivity index (χ0) is 24.7. The van der Waals surface area contributed by atoms with Crippen molar-refractivity contribution < 1.29 is 13.9 Å². The van der Waals surface area contributed by atoms with Gasteiger partial charge in [0.2, 0.25) is 0 Å². The third kappa shape index (κ3) is 2.57. The molecule has 6 heteroatoms. The topological polar surface area (TPSA) is 58.5 Å². The van der Waals surface area contributed by atoms with E-state index in [0.717, 1.165) is 59.9 Å². The Kier molecular flexibility index (Phi) is 4.30. The number of benzene rings is 4. The normalized spacial score (nSPS) is 12.2. The molecule has 3 heterocycles. The highest BCUT2D eigenvalue weighted by Crippen LogP contribution is 2.44. The van der Waals surface area contributed by atoms with Crippen molar-refractivity contribution in [1.82, 2.24) is 9.13 Å². The van der Waals surface area contributed by atoms with Crippen LogP contribution in [-0.2, 0) is 18.8 Å². The van der Waals surface area contributed by atoms with Gasteiger partial charge in [-0.15, -0.1) is 0 Å². The Morgan fingerprint density at radius 3 is 2.06 bits per heavy atom. The smallest absolute Gasteiger partial charge is 0.344 e. The van der Waals surface area contributed by atoms with Gasteiger partial charge in [0.1, 0.15) is 0 Å². The van der Waals surface area contributed by atoms with Crippen LogP contribution in [0.4, 0.5) is 0 Å². The highest BCUT2D eigenvalue weighted by Gasteiger charge is 2.24. The van der Waals surface area contributed by atoms with E-state index in [0.29, 0.717) is 16.7 Å². The summed E-state index contributed by atoms with van der Waals surface area (Å²) in [5.41, 5.74) is 5.17. The molecule has 0 spiro atoms. The summed E-state index contributed by atoms with van der Waals surface area (Å²) in [5, 5.41) is 6.32. The van der Waals surface area contributed by atoms with E-state index in [2.05, 4.69) is 46.4 Å². The van der Waals surface area contributed by atoms with E-state index in [-0.39, 0.29) is 12.4 Å². The Hall–Kier alpha value is -4.29. The highest BCUT2D eigenvalue weighted by atomic mass is 16.7. The molecule has 178 valence electrons. The Morgan fingerprint density at radius 2 is 1.39 bits per heavy atom. The lowest BCUT2D eigenvalue weighted by atomic mass is 9.98. The van der Waals surface area contributed by atoms with Crippen LogP contribution in [-0.4, -0.2) is 23.0 Å². The van der Waals surface area contributed by atoms with Crippen molar-refractivity contribution in [2.45, 2.75) is 6.92 Å². The minimum absolute atomic E-state index is 0.0623. The van der Waals surface area contributed by atoms with Crippen molar-refractivity contribution in [2.24, 2.45) is 14.1 Å². The maximum atomic E-state index is 13.6. The van der Waals surface area contributed by atoms with E-state index in [1.54, 1.807) is 7.11 Å². The van der Waals surface area contributed by atoms with E-state index >= 15 is 0 Å². The lowest BCUT2D eigenvalue weighted by Crippen LogP contribution is -2.06. The van der Waals surface area contributed by atoms with Crippen LogP contribution >= 0.6 is 0 Å². The van der Waals surface area contributed by atoms with Gasteiger partial charge in [-0.25, -0.2) is 4.79 Å². The van der Waals surface area contributed by atoms with E-state index < -0.39 is 0 Å². The van der Waals surface area contributed by atoms with Crippen LogP contribution in [0.5, 0.6) is 5.75 Å². The third-order valence-electron chi connectivity index (χ3n) is 7.48. The van der Waals surface area contributed by atoms with Gasteiger partial charge in [-0.1, -0.05) is 36.4 Å². The Morgan fingerprint density at radius 1 is 0.778 bits per heavy atom. The summed E-state index contributed by atoms with van der Waals surface area (Å²) in [6.07, 6.45) is 0. The van der Waals surface area contributed by atoms with E-state index in [9.17, 15) is 4.79 Å². The molecule has 0 saturated carbocycles. The quantitative estimate of drug-likeness (QED) is 0.165. The summed E-state index contributed by atoms with van der Waals surface area (Å²) in [6.45, 7) is 2.13. The number of fused-ring (bicyclic) bond motifs is 10. The predicted molar refractivity (Wildman–Crippen MR) is 145 cm³/mol. The number of methoxy groups -OCH3 is 1. The van der Waals surface area contributed by atoms with Crippen molar-refractivity contribution in [2.75, 3.05) is 13.9 Å². The molecule has 0 radical (unpaired) electrons. The number of hydrogen-bond acceptors (Lipinski definition) is 4.